The fourth-order valence-corrected chi connectivity index (χ4v) is 7.81. The van der Waals surface area contributed by atoms with Crippen LogP contribution in [-0.4, -0.2) is 74.1 Å². The molecule has 0 radical (unpaired) electrons. The van der Waals surface area contributed by atoms with E-state index in [0.717, 1.165) is 38.5 Å². The molecule has 11 heteroatoms. The molecule has 7 aliphatic rings. The van der Waals surface area contributed by atoms with Gasteiger partial charge in [-0.15, -0.1) is 0 Å². The molecule has 252 valence electrons. The van der Waals surface area contributed by atoms with Crippen molar-refractivity contribution in [3.63, 3.8) is 0 Å². The van der Waals surface area contributed by atoms with Crippen molar-refractivity contribution in [2.45, 2.75) is 117 Å². The molecule has 2 saturated heterocycles. The molecule has 2 heterocycles. The summed E-state index contributed by atoms with van der Waals surface area (Å²) in [5, 5.41) is 0. The third-order valence-corrected chi connectivity index (χ3v) is 11.4. The monoisotopic (exact) mass is 634 g/mol. The maximum atomic E-state index is 12.0. The molecule has 7 rings (SSSR count). The van der Waals surface area contributed by atoms with Gasteiger partial charge in [0.2, 0.25) is 0 Å². The zero-order valence-corrected chi connectivity index (χ0v) is 27.5. The summed E-state index contributed by atoms with van der Waals surface area (Å²) in [5.74, 6) is 0.000640. The predicted molar refractivity (Wildman–Crippen MR) is 158 cm³/mol. The summed E-state index contributed by atoms with van der Waals surface area (Å²) in [7, 11) is 0. The first-order valence-electron chi connectivity index (χ1n) is 16.8. The van der Waals surface area contributed by atoms with Crippen molar-refractivity contribution < 1.29 is 52.4 Å². The minimum Gasteiger partial charge on any atom is -0.465 e. The van der Waals surface area contributed by atoms with Gasteiger partial charge in [0.25, 0.3) is 0 Å². The maximum absolute atomic E-state index is 12.0. The minimum atomic E-state index is -0.613. The van der Waals surface area contributed by atoms with Crippen LogP contribution >= 0.6 is 0 Å². The van der Waals surface area contributed by atoms with E-state index in [2.05, 4.69) is 0 Å². The van der Waals surface area contributed by atoms with Gasteiger partial charge in [-0.25, -0.2) is 4.79 Å². The molecule has 11 nitrogen and oxygen atoms in total. The largest absolute Gasteiger partial charge is 0.465 e. The van der Waals surface area contributed by atoms with Crippen LogP contribution in [0.25, 0.3) is 0 Å². The Morgan fingerprint density at radius 1 is 0.733 bits per heavy atom. The summed E-state index contributed by atoms with van der Waals surface area (Å²) < 4.78 is 32.7. The Hall–Kier alpha value is -2.69. The third-order valence-electron chi connectivity index (χ3n) is 11.4. The average Bonchev–Trinajstić information content (AvgIpc) is 3.72. The molecule has 0 aromatic carbocycles. The van der Waals surface area contributed by atoms with Gasteiger partial charge in [-0.05, 0) is 78.6 Å². The number of hydrogen-bond acceptors (Lipinski definition) is 11. The lowest BCUT2D eigenvalue weighted by Gasteiger charge is -2.43. The molecule has 10 unspecified atom stereocenters. The third kappa shape index (κ3) is 6.74. The van der Waals surface area contributed by atoms with Crippen LogP contribution in [0.1, 0.15) is 92.9 Å². The van der Waals surface area contributed by atoms with Gasteiger partial charge in [0, 0.05) is 24.2 Å². The van der Waals surface area contributed by atoms with E-state index in [0.29, 0.717) is 37.9 Å². The van der Waals surface area contributed by atoms with E-state index in [1.54, 1.807) is 13.8 Å². The second-order valence-electron chi connectivity index (χ2n) is 15.0. The Balaban J connectivity index is 0.000000178. The zero-order valence-electron chi connectivity index (χ0n) is 27.5. The molecule has 5 saturated carbocycles. The molecule has 10 atom stereocenters. The number of hydrogen-bond donors (Lipinski definition) is 0. The van der Waals surface area contributed by atoms with Crippen molar-refractivity contribution in [2.75, 3.05) is 19.8 Å². The number of ether oxygens (including phenoxy) is 6. The second kappa shape index (κ2) is 13.2. The number of carbonyl (C=O) groups excluding carboxylic acids is 5. The highest BCUT2D eigenvalue weighted by Crippen LogP contribution is 2.55. The molecule has 0 aromatic rings. The molecule has 7 fully saturated rings. The smallest absolute Gasteiger partial charge is 0.344 e. The molecular formula is C34H50O11. The van der Waals surface area contributed by atoms with Crippen LogP contribution in [-0.2, 0) is 52.4 Å². The fraction of sp³-hybridized carbons (Fsp3) is 0.853. The van der Waals surface area contributed by atoms with Crippen LogP contribution in [0.15, 0.2) is 0 Å². The quantitative estimate of drug-likeness (QED) is 0.174. The zero-order chi connectivity index (χ0) is 32.7. The van der Waals surface area contributed by atoms with Crippen LogP contribution in [0.5, 0.6) is 0 Å². The Bertz CT molecular complexity index is 1160. The average molecular weight is 635 g/mol. The number of fused-ring (bicyclic) bond motifs is 2. The highest BCUT2D eigenvalue weighted by molar-refractivity contribution is 5.80. The van der Waals surface area contributed by atoms with Gasteiger partial charge in [0.1, 0.15) is 18.3 Å². The molecule has 0 aromatic heterocycles. The number of carbonyl (C=O) groups is 5. The first kappa shape index (κ1) is 33.7. The molecule has 5 aliphatic carbocycles. The van der Waals surface area contributed by atoms with E-state index in [1.165, 1.54) is 0 Å². The maximum Gasteiger partial charge on any atom is 0.344 e. The van der Waals surface area contributed by atoms with E-state index >= 15 is 0 Å². The van der Waals surface area contributed by atoms with E-state index in [-0.39, 0.29) is 72.6 Å². The van der Waals surface area contributed by atoms with Crippen molar-refractivity contribution in [1.29, 1.82) is 0 Å². The standard InChI is InChI=1S/C17H24O6.C17H26O5/c1-4-17(2,3)16(20)21-8-12(18)22-13-9-5-6-10-11(7-9)15(19)23-14(10)13;1-4-17(2,3)16(19)21-7-5-6-20-13-10-8-11-12(9-10)15(18)22-14(11)13/h9-11,13-14H,4-8H2,1-3H3;10-14H,4-9H2,1-3H3. The molecule has 2 aliphatic heterocycles. The van der Waals surface area contributed by atoms with E-state index in [4.69, 9.17) is 28.4 Å². The van der Waals surface area contributed by atoms with Gasteiger partial charge in [0.05, 0.1) is 42.0 Å². The Labute approximate surface area is 265 Å². The SMILES string of the molecule is CCC(C)(C)C(=O)OCC(=O)OC1C2CCC3C(C2)C(=O)OC31.CCC(C)(C)C(=O)OCCCOC1C2CC3C(=O)OC1C3C2. The van der Waals surface area contributed by atoms with Gasteiger partial charge in [-0.2, -0.15) is 0 Å². The lowest BCUT2D eigenvalue weighted by Crippen LogP contribution is -2.50. The molecule has 45 heavy (non-hydrogen) atoms. The predicted octanol–water partition coefficient (Wildman–Crippen LogP) is 4.17. The molecule has 6 bridgehead atoms. The highest BCUT2D eigenvalue weighted by Gasteiger charge is 2.62. The van der Waals surface area contributed by atoms with Crippen LogP contribution < -0.4 is 0 Å². The fourth-order valence-electron chi connectivity index (χ4n) is 7.81. The summed E-state index contributed by atoms with van der Waals surface area (Å²) in [4.78, 5) is 59.2. The Morgan fingerprint density at radius 2 is 1.31 bits per heavy atom. The van der Waals surface area contributed by atoms with Crippen LogP contribution in [0.3, 0.4) is 0 Å². The van der Waals surface area contributed by atoms with Gasteiger partial charge in [-0.3, -0.25) is 19.2 Å². The van der Waals surface area contributed by atoms with Gasteiger partial charge in [0.15, 0.2) is 6.61 Å². The molecule has 0 N–H and O–H groups in total. The summed E-state index contributed by atoms with van der Waals surface area (Å²) in [6.45, 7) is 11.8. The second-order valence-corrected chi connectivity index (χ2v) is 15.0. The Kier molecular flexibility index (Phi) is 9.88. The van der Waals surface area contributed by atoms with Gasteiger partial charge in [-0.1, -0.05) is 13.8 Å². The van der Waals surface area contributed by atoms with E-state index in [1.807, 2.05) is 27.7 Å². The normalized spacial score (nSPS) is 35.3. The van der Waals surface area contributed by atoms with E-state index in [9.17, 15) is 24.0 Å². The van der Waals surface area contributed by atoms with Crippen molar-refractivity contribution in [3.8, 4) is 0 Å². The Morgan fingerprint density at radius 3 is 1.96 bits per heavy atom. The van der Waals surface area contributed by atoms with Crippen molar-refractivity contribution in [2.24, 2.45) is 46.3 Å². The lowest BCUT2D eigenvalue weighted by atomic mass is 9.63. The van der Waals surface area contributed by atoms with Crippen molar-refractivity contribution in [1.82, 2.24) is 0 Å². The van der Waals surface area contributed by atoms with Gasteiger partial charge < -0.3 is 28.4 Å². The summed E-state index contributed by atoms with van der Waals surface area (Å²) in [5.41, 5.74) is -1.03. The molecular weight excluding hydrogens is 584 g/mol. The first-order valence-corrected chi connectivity index (χ1v) is 16.8. The number of esters is 5. The lowest BCUT2D eigenvalue weighted by molar-refractivity contribution is -0.180. The van der Waals surface area contributed by atoms with Crippen LogP contribution in [0.4, 0.5) is 0 Å². The summed E-state index contributed by atoms with van der Waals surface area (Å²) >= 11 is 0. The molecule has 0 spiro atoms. The van der Waals surface area contributed by atoms with Crippen molar-refractivity contribution >= 4 is 29.8 Å². The topological polar surface area (TPSA) is 141 Å². The summed E-state index contributed by atoms with van der Waals surface area (Å²) in [6.07, 6.45) is 6.03. The van der Waals surface area contributed by atoms with Gasteiger partial charge >= 0.3 is 29.8 Å². The van der Waals surface area contributed by atoms with Crippen molar-refractivity contribution in [3.05, 3.63) is 0 Å². The molecule has 0 amide bonds. The minimum absolute atomic E-state index is 0.0168. The van der Waals surface area contributed by atoms with E-state index < -0.39 is 22.8 Å². The first-order chi connectivity index (χ1) is 21.3. The highest BCUT2D eigenvalue weighted by atomic mass is 16.6. The summed E-state index contributed by atoms with van der Waals surface area (Å²) in [6, 6.07) is 0. The van der Waals surface area contributed by atoms with Crippen LogP contribution in [0.2, 0.25) is 0 Å². The van der Waals surface area contributed by atoms with Crippen LogP contribution in [0, 0.1) is 46.3 Å². The number of rotatable bonds is 12.